The maximum Gasteiger partial charge on any atom is 0.243 e. The van der Waals surface area contributed by atoms with E-state index in [4.69, 9.17) is 18.5 Å². The zero-order chi connectivity index (χ0) is 33.9. The van der Waals surface area contributed by atoms with Crippen LogP contribution in [0, 0.1) is 0 Å². The van der Waals surface area contributed by atoms with Gasteiger partial charge in [-0.25, -0.2) is 38.7 Å². The Bertz CT molecular complexity index is 1700. The lowest BCUT2D eigenvalue weighted by Gasteiger charge is -2.16. The number of imidazole rings is 2. The van der Waals surface area contributed by atoms with Crippen molar-refractivity contribution in [2.75, 3.05) is 36.9 Å². The average molecular weight is 751 g/mol. The van der Waals surface area contributed by atoms with Crippen LogP contribution in [0.5, 0.6) is 0 Å². The summed E-state index contributed by atoms with van der Waals surface area (Å²) in [6, 6.07) is 0. The molecule has 10 atom stereocenters. The van der Waals surface area contributed by atoms with E-state index in [1.165, 1.54) is 34.4 Å². The number of anilines is 2. The van der Waals surface area contributed by atoms with Crippen LogP contribution in [0.25, 0.3) is 22.3 Å². The van der Waals surface area contributed by atoms with E-state index in [1.54, 1.807) is 0 Å². The third-order valence-corrected chi connectivity index (χ3v) is 9.15. The van der Waals surface area contributed by atoms with Crippen LogP contribution < -0.4 is 10.6 Å². The number of alkyl halides is 2. The molecule has 2 saturated heterocycles. The molecular weight excluding hydrogens is 720 g/mol. The van der Waals surface area contributed by atoms with E-state index in [0.717, 1.165) is 0 Å². The Labute approximate surface area is 281 Å². The summed E-state index contributed by atoms with van der Waals surface area (Å²) >= 11 is 7.42. The number of halogens is 2. The molecule has 0 saturated carbocycles. The van der Waals surface area contributed by atoms with Gasteiger partial charge >= 0.3 is 0 Å². The lowest BCUT2D eigenvalue weighted by molar-refractivity contribution is -0.0427. The van der Waals surface area contributed by atoms with Crippen molar-refractivity contribution < 1.29 is 46.6 Å². The average Bonchev–Trinajstić information content (AvgIpc) is 3.83. The summed E-state index contributed by atoms with van der Waals surface area (Å²) in [7, 11) is -5.58. The minimum Gasteiger partial charge on any atom is -0.394 e. The van der Waals surface area contributed by atoms with Crippen LogP contribution in [0.3, 0.4) is 0 Å². The van der Waals surface area contributed by atoms with Crippen molar-refractivity contribution >= 4 is 72.9 Å². The molecule has 2 aliphatic rings. The molecule has 6 rings (SSSR count). The van der Waals surface area contributed by atoms with E-state index in [0.29, 0.717) is 35.8 Å². The highest BCUT2D eigenvalue weighted by atomic mass is 32.7. The Morgan fingerprint density at radius 1 is 0.771 bits per heavy atom. The number of aliphatic hydroxyl groups excluding tert-OH is 2. The van der Waals surface area contributed by atoms with Gasteiger partial charge in [-0.1, -0.05) is 36.6 Å². The molecule has 0 amide bonds. The van der Waals surface area contributed by atoms with Gasteiger partial charge < -0.3 is 39.4 Å². The molecule has 0 radical (unpaired) electrons. The van der Waals surface area contributed by atoms with Gasteiger partial charge in [0, 0.05) is 13.1 Å². The van der Waals surface area contributed by atoms with Gasteiger partial charge in [0.2, 0.25) is 14.5 Å². The monoisotopic (exact) mass is 750 g/mol. The number of hydrogen-bond donors (Lipinski definition) is 6. The third-order valence-electron chi connectivity index (χ3n) is 7.57. The summed E-state index contributed by atoms with van der Waals surface area (Å²) in [6.45, 7) is -0.455. The quantitative estimate of drug-likeness (QED) is 0.0615. The van der Waals surface area contributed by atoms with E-state index < -0.39 is 76.9 Å². The predicted octanol–water partition coefficient (Wildman–Crippen LogP) is 1.91. The number of aromatic nitrogens is 8. The number of thiol groups is 2. The Balaban J connectivity index is 1.07. The molecule has 260 valence electrons. The number of nitrogens with zero attached hydrogens (tertiary/aromatic N) is 8. The molecule has 4 aromatic heterocycles. The molecule has 2 aliphatic heterocycles. The zero-order valence-corrected chi connectivity index (χ0v) is 28.3. The van der Waals surface area contributed by atoms with E-state index in [-0.39, 0.29) is 11.3 Å². The molecule has 0 bridgehead atoms. The maximum absolute atomic E-state index is 15.2. The lowest BCUT2D eigenvalue weighted by Crippen LogP contribution is -2.31. The first kappa shape index (κ1) is 35.1. The highest BCUT2D eigenvalue weighted by Gasteiger charge is 2.49. The number of hydrogen-bond acceptors (Lipinski definition) is 16. The molecule has 0 aliphatic carbocycles. The van der Waals surface area contributed by atoms with Gasteiger partial charge in [-0.15, -0.1) is 0 Å². The maximum atomic E-state index is 15.2. The minimum absolute atomic E-state index is 0.267. The molecule has 2 fully saturated rings. The predicted molar refractivity (Wildman–Crippen MR) is 174 cm³/mol. The van der Waals surface area contributed by atoms with Gasteiger partial charge in [0.1, 0.15) is 37.1 Å². The molecule has 48 heavy (non-hydrogen) atoms. The molecule has 4 N–H and O–H groups in total. The fourth-order valence-corrected chi connectivity index (χ4v) is 7.22. The SMILES string of the molecule is O=[PH](S)O[C@H]1[C@@H](F)[C@H](n2cnc3c(NC/C=C/CNc4ncnc5c4ncn5[C@@H]4OC(CO)[C@@H](O[PH](=O)S)[C@H]4F)ncnc32)O[C@@H]1CO. The normalized spacial score (nSPS) is 28.9. The first-order valence-electron chi connectivity index (χ1n) is 14.3. The number of fused-ring (bicyclic) bond motifs is 2. The summed E-state index contributed by atoms with van der Waals surface area (Å²) in [6.07, 6.45) is -1.86. The number of aliphatic hydroxyl groups is 2. The van der Waals surface area contributed by atoms with Gasteiger partial charge in [-0.05, 0) is 0 Å². The van der Waals surface area contributed by atoms with Crippen molar-refractivity contribution in [1.29, 1.82) is 0 Å². The van der Waals surface area contributed by atoms with Crippen LogP contribution >= 0.6 is 39.0 Å². The summed E-state index contributed by atoms with van der Waals surface area (Å²) in [5, 5.41) is 25.4. The second kappa shape index (κ2) is 15.4. The Kier molecular flexibility index (Phi) is 11.3. The lowest BCUT2D eigenvalue weighted by atomic mass is 10.1. The summed E-state index contributed by atoms with van der Waals surface area (Å²) in [5.41, 5.74) is 1.22. The first-order valence-corrected chi connectivity index (χ1v) is 19.5. The van der Waals surface area contributed by atoms with Crippen LogP contribution in [0.2, 0.25) is 0 Å². The number of rotatable bonds is 14. The van der Waals surface area contributed by atoms with E-state index in [1.807, 2.05) is 12.2 Å². The van der Waals surface area contributed by atoms with Crippen LogP contribution in [-0.2, 0) is 27.7 Å². The van der Waals surface area contributed by atoms with Crippen molar-refractivity contribution in [2.24, 2.45) is 0 Å². The molecule has 0 aromatic carbocycles. The third kappa shape index (κ3) is 7.09. The molecule has 18 nitrogen and oxygen atoms in total. The van der Waals surface area contributed by atoms with Crippen molar-refractivity contribution in [2.45, 2.75) is 49.2 Å². The van der Waals surface area contributed by atoms with Gasteiger partial charge in [-0.3, -0.25) is 18.3 Å². The van der Waals surface area contributed by atoms with Crippen LogP contribution in [-0.4, -0.2) is 112 Å². The van der Waals surface area contributed by atoms with Crippen molar-refractivity contribution in [3.63, 3.8) is 0 Å². The van der Waals surface area contributed by atoms with Crippen LogP contribution in [0.1, 0.15) is 12.5 Å². The Morgan fingerprint density at radius 2 is 1.19 bits per heavy atom. The van der Waals surface area contributed by atoms with Crippen LogP contribution in [0.4, 0.5) is 20.4 Å². The second-order valence-electron chi connectivity index (χ2n) is 10.4. The molecular formula is C24H30F2N10O8P2S2. The molecule has 0 spiro atoms. The van der Waals surface area contributed by atoms with Gasteiger partial charge in [0.15, 0.2) is 58.8 Å². The van der Waals surface area contributed by atoms with Crippen molar-refractivity contribution in [3.8, 4) is 0 Å². The summed E-state index contributed by atoms with van der Waals surface area (Å²) in [5.74, 6) is 0.746. The first-order chi connectivity index (χ1) is 23.2. The summed E-state index contributed by atoms with van der Waals surface area (Å²) in [4.78, 5) is 25.5. The van der Waals surface area contributed by atoms with Gasteiger partial charge in [-0.2, -0.15) is 0 Å². The van der Waals surface area contributed by atoms with E-state index >= 15 is 8.78 Å². The minimum atomic E-state index is -2.79. The fraction of sp³-hybridized carbons (Fsp3) is 0.500. The largest absolute Gasteiger partial charge is 0.394 e. The Hall–Kier alpha value is -2.78. The van der Waals surface area contributed by atoms with E-state index in [2.05, 4.69) is 65.0 Å². The molecule has 6 heterocycles. The van der Waals surface area contributed by atoms with Crippen molar-refractivity contribution in [3.05, 3.63) is 37.5 Å². The van der Waals surface area contributed by atoms with Gasteiger partial charge in [0.25, 0.3) is 0 Å². The second-order valence-corrected chi connectivity index (χ2v) is 14.1. The van der Waals surface area contributed by atoms with Gasteiger partial charge in [0.05, 0.1) is 25.9 Å². The molecule has 3 unspecified atom stereocenters. The van der Waals surface area contributed by atoms with Crippen molar-refractivity contribution in [1.82, 2.24) is 39.0 Å². The topological polar surface area (TPSA) is 223 Å². The summed E-state index contributed by atoms with van der Waals surface area (Å²) < 4.78 is 77.6. The fourth-order valence-electron chi connectivity index (χ4n) is 5.46. The highest BCUT2D eigenvalue weighted by molar-refractivity contribution is 8.39. The zero-order valence-electron chi connectivity index (χ0n) is 24.5. The highest BCUT2D eigenvalue weighted by Crippen LogP contribution is 2.42. The number of nitrogens with one attached hydrogen (secondary N) is 2. The van der Waals surface area contributed by atoms with E-state index in [9.17, 15) is 19.3 Å². The smallest absolute Gasteiger partial charge is 0.243 e. The van der Waals surface area contributed by atoms with Crippen LogP contribution in [0.15, 0.2) is 37.5 Å². The molecule has 24 heteroatoms. The number of ether oxygens (including phenoxy) is 2. The molecule has 4 aromatic rings. The Morgan fingerprint density at radius 3 is 1.56 bits per heavy atom. The standard InChI is InChI=1S/C24H30F2N10O8P2S2/c25-13-17(43-45(39)47)11(5-37)41-23(13)35-9-33-15-19(29-7-31-21(15)35)27-3-1-2-4-28-20-16-22(32-8-30-20)36(10-34-16)24-14(26)18(44-46(40)48)12(6-38)42-24/h1-2,7-14,17-18,23-24,37-38,45-46H,3-6H2,(H,39,47)(H,40,48)(H,27,29,31)(H,28,30,32)/b2-1+/t11-,12?,13-,14-,17-,18-,23-,24-/m1/s1.